The smallest absolute Gasteiger partial charge is 0.304 e. The molecule has 2 aromatic carbocycles. The van der Waals surface area contributed by atoms with Crippen LogP contribution in [0.2, 0.25) is 0 Å². The highest BCUT2D eigenvalue weighted by atomic mass is 16.4. The van der Waals surface area contributed by atoms with E-state index in [4.69, 9.17) is 0 Å². The van der Waals surface area contributed by atoms with Crippen molar-refractivity contribution in [1.82, 2.24) is 30.0 Å². The fourth-order valence-electron chi connectivity index (χ4n) is 5.69. The van der Waals surface area contributed by atoms with Crippen molar-refractivity contribution in [1.29, 1.82) is 0 Å². The molecule has 36 heavy (non-hydrogen) atoms. The third kappa shape index (κ3) is 4.90. The number of rotatable bonds is 8. The Morgan fingerprint density at radius 3 is 2.69 bits per heavy atom. The fraction of sp³-hybridized carbons (Fsp3) is 0.464. The molecule has 1 aliphatic carbocycles. The first-order valence-corrected chi connectivity index (χ1v) is 12.9. The number of carbonyl (C=O) groups is 1. The largest absolute Gasteiger partial charge is 0.481 e. The van der Waals surface area contributed by atoms with Crippen LogP contribution in [0.1, 0.15) is 78.0 Å². The second-order valence-electron chi connectivity index (χ2n) is 10.3. The third-order valence-electron chi connectivity index (χ3n) is 7.83. The summed E-state index contributed by atoms with van der Waals surface area (Å²) >= 11 is 0. The maximum absolute atomic E-state index is 11.9. The van der Waals surface area contributed by atoms with E-state index >= 15 is 0 Å². The molecule has 5 rings (SSSR count). The van der Waals surface area contributed by atoms with E-state index in [1.165, 1.54) is 43.2 Å². The van der Waals surface area contributed by atoms with E-state index in [1.54, 1.807) is 4.68 Å². The van der Waals surface area contributed by atoms with Crippen LogP contribution in [0.25, 0.3) is 11.0 Å². The SMILES string of the molecule is Cc1ccc(C(CC(=O)O)c2ccc3c(nnn3C)c2C)cc1Cc1cnnn1CC1CCCCC1. The molecule has 0 saturated heterocycles. The molecule has 1 fully saturated rings. The first-order valence-electron chi connectivity index (χ1n) is 12.9. The number of hydrogen-bond donors (Lipinski definition) is 1. The molecule has 2 aromatic heterocycles. The summed E-state index contributed by atoms with van der Waals surface area (Å²) in [5.74, 6) is -0.431. The van der Waals surface area contributed by atoms with Gasteiger partial charge in [-0.3, -0.25) is 4.79 Å². The molecule has 2 heterocycles. The summed E-state index contributed by atoms with van der Waals surface area (Å²) in [5, 5.41) is 26.9. The Bertz CT molecular complexity index is 1380. The molecule has 1 atom stereocenters. The maximum Gasteiger partial charge on any atom is 0.304 e. The zero-order chi connectivity index (χ0) is 25.2. The number of carboxylic acids is 1. The van der Waals surface area contributed by atoms with Crippen molar-refractivity contribution in [2.24, 2.45) is 13.0 Å². The van der Waals surface area contributed by atoms with E-state index in [2.05, 4.69) is 50.4 Å². The standard InChI is InChI=1S/C28H34N6O2/c1-18-9-10-21(13-22(18)14-23-16-29-31-34(23)17-20-7-5-4-6-8-20)25(15-27(35)36)24-11-12-26-28(19(24)2)30-32-33(26)3/h9-13,16,20,25H,4-8,14-15,17H2,1-3H3,(H,35,36). The number of aliphatic carboxylic acids is 1. The lowest BCUT2D eigenvalue weighted by atomic mass is 9.84. The number of carboxylic acid groups (broad SMARTS) is 1. The maximum atomic E-state index is 11.9. The van der Waals surface area contributed by atoms with Crippen LogP contribution in [0.4, 0.5) is 0 Å². The Kier molecular flexibility index (Phi) is 6.85. The lowest BCUT2D eigenvalue weighted by Crippen LogP contribution is -2.17. The second-order valence-corrected chi connectivity index (χ2v) is 10.3. The van der Waals surface area contributed by atoms with Crippen LogP contribution in [0, 0.1) is 19.8 Å². The van der Waals surface area contributed by atoms with Crippen LogP contribution in [0.15, 0.2) is 36.5 Å². The van der Waals surface area contributed by atoms with Gasteiger partial charge in [-0.2, -0.15) is 0 Å². The molecule has 8 heteroatoms. The van der Waals surface area contributed by atoms with Crippen molar-refractivity contribution in [2.45, 2.75) is 71.3 Å². The fourth-order valence-corrected chi connectivity index (χ4v) is 5.69. The van der Waals surface area contributed by atoms with Gasteiger partial charge in [0.15, 0.2) is 0 Å². The number of aryl methyl sites for hydroxylation is 3. The van der Waals surface area contributed by atoms with Gasteiger partial charge in [0.05, 0.1) is 23.8 Å². The van der Waals surface area contributed by atoms with Crippen molar-refractivity contribution in [3.63, 3.8) is 0 Å². The van der Waals surface area contributed by atoms with Gasteiger partial charge in [0, 0.05) is 25.9 Å². The van der Waals surface area contributed by atoms with Gasteiger partial charge in [-0.1, -0.05) is 54.0 Å². The van der Waals surface area contributed by atoms with Crippen molar-refractivity contribution in [3.8, 4) is 0 Å². The van der Waals surface area contributed by atoms with Crippen molar-refractivity contribution in [3.05, 3.63) is 70.0 Å². The van der Waals surface area contributed by atoms with E-state index in [1.807, 2.05) is 32.3 Å². The van der Waals surface area contributed by atoms with Crippen LogP contribution < -0.4 is 0 Å². The molecule has 8 nitrogen and oxygen atoms in total. The molecule has 1 saturated carbocycles. The first kappa shape index (κ1) is 24.2. The third-order valence-corrected chi connectivity index (χ3v) is 7.83. The molecule has 0 spiro atoms. The summed E-state index contributed by atoms with van der Waals surface area (Å²) in [6, 6.07) is 10.3. The van der Waals surface area contributed by atoms with Crippen molar-refractivity contribution in [2.75, 3.05) is 0 Å². The van der Waals surface area contributed by atoms with Crippen LogP contribution in [0.3, 0.4) is 0 Å². The number of fused-ring (bicyclic) bond motifs is 1. The highest BCUT2D eigenvalue weighted by molar-refractivity contribution is 5.80. The lowest BCUT2D eigenvalue weighted by molar-refractivity contribution is -0.137. The molecule has 0 radical (unpaired) electrons. The Labute approximate surface area is 211 Å². The van der Waals surface area contributed by atoms with Gasteiger partial charge in [-0.15, -0.1) is 10.2 Å². The average Bonchev–Trinajstić information content (AvgIpc) is 3.46. The Morgan fingerprint density at radius 1 is 1.11 bits per heavy atom. The van der Waals surface area contributed by atoms with E-state index in [9.17, 15) is 9.90 Å². The molecule has 0 bridgehead atoms. The van der Waals surface area contributed by atoms with Crippen molar-refractivity contribution >= 4 is 17.0 Å². The average molecular weight is 487 g/mol. The van der Waals surface area contributed by atoms with Gasteiger partial charge in [0.1, 0.15) is 5.52 Å². The summed E-state index contributed by atoms with van der Waals surface area (Å²) in [7, 11) is 1.86. The van der Waals surface area contributed by atoms with Gasteiger partial charge in [-0.05, 0) is 66.5 Å². The molecular weight excluding hydrogens is 452 g/mol. The highest BCUT2D eigenvalue weighted by Gasteiger charge is 2.23. The lowest BCUT2D eigenvalue weighted by Gasteiger charge is -2.22. The summed E-state index contributed by atoms with van der Waals surface area (Å²) in [6.45, 7) is 5.04. The van der Waals surface area contributed by atoms with E-state index in [0.29, 0.717) is 5.92 Å². The van der Waals surface area contributed by atoms with E-state index in [-0.39, 0.29) is 12.3 Å². The Hall–Kier alpha value is -3.55. The van der Waals surface area contributed by atoms with Crippen LogP contribution >= 0.6 is 0 Å². The van der Waals surface area contributed by atoms with Crippen LogP contribution in [-0.4, -0.2) is 41.1 Å². The number of nitrogens with zero attached hydrogens (tertiary/aromatic N) is 6. The number of benzene rings is 2. The van der Waals surface area contributed by atoms with Gasteiger partial charge >= 0.3 is 5.97 Å². The Morgan fingerprint density at radius 2 is 1.92 bits per heavy atom. The molecule has 1 aliphatic rings. The first-order chi connectivity index (χ1) is 17.4. The molecule has 1 N–H and O–H groups in total. The molecule has 4 aromatic rings. The van der Waals surface area contributed by atoms with Gasteiger partial charge in [0.2, 0.25) is 0 Å². The molecule has 0 amide bonds. The predicted molar refractivity (Wildman–Crippen MR) is 138 cm³/mol. The van der Waals surface area contributed by atoms with Gasteiger partial charge in [-0.25, -0.2) is 9.36 Å². The van der Waals surface area contributed by atoms with Crippen LogP contribution in [0.5, 0.6) is 0 Å². The minimum atomic E-state index is -0.824. The predicted octanol–water partition coefficient (Wildman–Crippen LogP) is 4.95. The zero-order valence-corrected chi connectivity index (χ0v) is 21.3. The summed E-state index contributed by atoms with van der Waals surface area (Å²) in [4.78, 5) is 11.9. The second kappa shape index (κ2) is 10.2. The van der Waals surface area contributed by atoms with Gasteiger partial charge < -0.3 is 5.11 Å². The molecule has 0 aliphatic heterocycles. The minimum absolute atomic E-state index is 0.0102. The summed E-state index contributed by atoms with van der Waals surface area (Å²) in [5.41, 5.74) is 8.16. The monoisotopic (exact) mass is 486 g/mol. The number of hydrogen-bond acceptors (Lipinski definition) is 5. The van der Waals surface area contributed by atoms with Crippen molar-refractivity contribution < 1.29 is 9.90 Å². The normalized spacial score (nSPS) is 15.4. The van der Waals surface area contributed by atoms with E-state index < -0.39 is 5.97 Å². The molecular formula is C28H34N6O2. The zero-order valence-electron chi connectivity index (χ0n) is 21.3. The topological polar surface area (TPSA) is 98.7 Å². The van der Waals surface area contributed by atoms with E-state index in [0.717, 1.165) is 46.4 Å². The highest BCUT2D eigenvalue weighted by Crippen LogP contribution is 2.34. The van der Waals surface area contributed by atoms with Crippen LogP contribution in [-0.2, 0) is 24.8 Å². The summed E-state index contributed by atoms with van der Waals surface area (Å²) < 4.78 is 3.82. The Balaban J connectivity index is 1.47. The summed E-state index contributed by atoms with van der Waals surface area (Å²) in [6.07, 6.45) is 9.09. The number of aromatic nitrogens is 6. The quantitative estimate of drug-likeness (QED) is 0.378. The molecule has 1 unspecified atom stereocenters. The minimum Gasteiger partial charge on any atom is -0.481 e. The molecule has 188 valence electrons. The van der Waals surface area contributed by atoms with Gasteiger partial charge in [0.25, 0.3) is 0 Å².